The zero-order chi connectivity index (χ0) is 29.7. The molecule has 2 saturated heterocycles. The first kappa shape index (κ1) is 34.7. The molecule has 0 saturated carbocycles. The van der Waals surface area contributed by atoms with E-state index in [0.717, 1.165) is 19.3 Å². The fourth-order valence-electron chi connectivity index (χ4n) is 4.99. The van der Waals surface area contributed by atoms with Crippen LogP contribution in [0.2, 0.25) is 0 Å². The third-order valence-corrected chi connectivity index (χ3v) is 7.37. The number of carbonyl (C=O) groups excluding carboxylic acids is 1. The highest BCUT2D eigenvalue weighted by atomic mass is 16.7. The highest BCUT2D eigenvalue weighted by Gasteiger charge is 2.51. The molecule has 14 heteroatoms. The van der Waals surface area contributed by atoms with Crippen molar-refractivity contribution in [3.05, 3.63) is 4.98 Å². The van der Waals surface area contributed by atoms with Crippen molar-refractivity contribution >= 4 is 5.91 Å². The number of unbranched alkanes of at least 4 members (excludes halogenated alkanes) is 7. The SMILES string of the molecule is CCCCCCCCCCC(CO[C@@H]1OC(CO)[C@@H](O[C@@H]2OC(CO)[C@H](O)[C@H](O)C2O)[C@H](O)C1NC(C)=O)[N+]#N. The van der Waals surface area contributed by atoms with E-state index < -0.39 is 86.5 Å². The number of aliphatic hydroxyl groups excluding tert-OH is 6. The van der Waals surface area contributed by atoms with Crippen LogP contribution in [0, 0.1) is 5.39 Å². The number of hydrogen-bond donors (Lipinski definition) is 7. The maximum Gasteiger partial charge on any atom is 0.337 e. The van der Waals surface area contributed by atoms with Gasteiger partial charge < -0.3 is 54.9 Å². The number of rotatable bonds is 17. The van der Waals surface area contributed by atoms with Gasteiger partial charge in [-0.1, -0.05) is 51.9 Å². The summed E-state index contributed by atoms with van der Waals surface area (Å²) in [5, 5.41) is 72.9. The lowest BCUT2D eigenvalue weighted by molar-refractivity contribution is -0.348. The molecule has 232 valence electrons. The lowest BCUT2D eigenvalue weighted by Crippen LogP contribution is -2.67. The molecule has 2 heterocycles. The van der Waals surface area contributed by atoms with Crippen LogP contribution in [-0.2, 0) is 23.7 Å². The van der Waals surface area contributed by atoms with Gasteiger partial charge in [-0.05, 0) is 6.42 Å². The number of amides is 1. The molecule has 2 aliphatic rings. The van der Waals surface area contributed by atoms with E-state index in [-0.39, 0.29) is 6.61 Å². The van der Waals surface area contributed by atoms with E-state index in [9.17, 15) is 40.8 Å². The topological polar surface area (TPSA) is 216 Å². The third kappa shape index (κ3) is 10.1. The summed E-state index contributed by atoms with van der Waals surface area (Å²) >= 11 is 0. The minimum Gasteiger partial charge on any atom is -0.394 e. The van der Waals surface area contributed by atoms with E-state index >= 15 is 0 Å². The summed E-state index contributed by atoms with van der Waals surface area (Å²) in [6.07, 6.45) is -3.73. The second kappa shape index (κ2) is 18.1. The lowest BCUT2D eigenvalue weighted by Gasteiger charge is -2.47. The monoisotopic (exact) mass is 578 g/mol. The molecule has 0 spiro atoms. The van der Waals surface area contributed by atoms with Gasteiger partial charge in [0.2, 0.25) is 11.3 Å². The van der Waals surface area contributed by atoms with Crippen LogP contribution >= 0.6 is 0 Å². The van der Waals surface area contributed by atoms with Gasteiger partial charge in [-0.25, -0.2) is 0 Å². The van der Waals surface area contributed by atoms with Gasteiger partial charge in [-0.2, -0.15) is 0 Å². The van der Waals surface area contributed by atoms with E-state index in [2.05, 4.69) is 17.2 Å². The lowest BCUT2D eigenvalue weighted by atomic mass is 9.95. The highest BCUT2D eigenvalue weighted by molar-refractivity contribution is 5.73. The van der Waals surface area contributed by atoms with E-state index in [1.807, 2.05) is 0 Å². The number of ether oxygens (including phenoxy) is 4. The number of diazo groups is 1. The molecule has 11 atom stereocenters. The van der Waals surface area contributed by atoms with E-state index in [1.165, 1.54) is 39.0 Å². The Balaban J connectivity index is 1.99. The van der Waals surface area contributed by atoms with Gasteiger partial charge in [-0.3, -0.25) is 4.79 Å². The fraction of sp³-hybridized carbons (Fsp3) is 0.962. The Labute approximate surface area is 235 Å². The van der Waals surface area contributed by atoms with Crippen LogP contribution in [-0.4, -0.2) is 124 Å². The van der Waals surface area contributed by atoms with Crippen molar-refractivity contribution in [2.45, 2.75) is 139 Å². The molecule has 5 unspecified atom stereocenters. The third-order valence-electron chi connectivity index (χ3n) is 7.37. The normalized spacial score (nSPS) is 35.2. The first-order chi connectivity index (χ1) is 19.2. The Morgan fingerprint density at radius 3 is 2.05 bits per heavy atom. The van der Waals surface area contributed by atoms with Crippen molar-refractivity contribution in [2.24, 2.45) is 0 Å². The maximum absolute atomic E-state index is 11.9. The van der Waals surface area contributed by atoms with Crippen molar-refractivity contribution in [3.63, 3.8) is 0 Å². The van der Waals surface area contributed by atoms with Gasteiger partial charge in [0.1, 0.15) is 60.4 Å². The molecule has 0 bridgehead atoms. The van der Waals surface area contributed by atoms with Crippen molar-refractivity contribution in [1.82, 2.24) is 5.32 Å². The minimum atomic E-state index is -1.75. The van der Waals surface area contributed by atoms with Gasteiger partial charge in [0.25, 0.3) is 0 Å². The van der Waals surface area contributed by atoms with Crippen molar-refractivity contribution in [2.75, 3.05) is 19.8 Å². The van der Waals surface area contributed by atoms with E-state index in [1.54, 1.807) is 0 Å². The molecule has 2 rings (SSSR count). The Kier molecular flexibility index (Phi) is 15.7. The standard InChI is InChI=1S/C26H47N3O11/c1-3-4-5-6-7-8-9-10-11-16(29-27)14-37-25-19(28-15(2)32)21(34)24(18(13-31)39-25)40-26-23(36)22(35)20(33)17(12-30)38-26/h16-26,30-31,33-36H,3-14H2,1-2H3/p+1/t16?,17?,18?,19?,20-,21+,22-,23?,24+,25+,26-/m0/s1. The van der Waals surface area contributed by atoms with Gasteiger partial charge in [0.05, 0.1) is 13.2 Å². The maximum atomic E-state index is 11.9. The Morgan fingerprint density at radius 2 is 1.48 bits per heavy atom. The summed E-state index contributed by atoms with van der Waals surface area (Å²) in [6.45, 7) is 2.00. The molecule has 7 N–H and O–H groups in total. The largest absolute Gasteiger partial charge is 0.394 e. The average Bonchev–Trinajstić information content (AvgIpc) is 2.94. The highest BCUT2D eigenvalue weighted by Crippen LogP contribution is 2.30. The van der Waals surface area contributed by atoms with Gasteiger partial charge >= 0.3 is 6.04 Å². The van der Waals surface area contributed by atoms with Crippen molar-refractivity contribution in [3.8, 4) is 0 Å². The zero-order valence-corrected chi connectivity index (χ0v) is 23.5. The smallest absolute Gasteiger partial charge is 0.337 e. The molecule has 40 heavy (non-hydrogen) atoms. The zero-order valence-electron chi connectivity index (χ0n) is 23.5. The van der Waals surface area contributed by atoms with E-state index in [0.29, 0.717) is 6.42 Å². The Bertz CT molecular complexity index is 771. The predicted octanol–water partition coefficient (Wildman–Crippen LogP) is -0.477. The van der Waals surface area contributed by atoms with Crippen LogP contribution in [0.25, 0.3) is 4.98 Å². The van der Waals surface area contributed by atoms with Gasteiger partial charge in [0, 0.05) is 13.3 Å². The second-order valence-electron chi connectivity index (χ2n) is 10.6. The fourth-order valence-corrected chi connectivity index (χ4v) is 4.99. The van der Waals surface area contributed by atoms with Crippen molar-refractivity contribution < 1.29 is 54.4 Å². The summed E-state index contributed by atoms with van der Waals surface area (Å²) < 4.78 is 22.6. The number of aliphatic hydroxyl groups is 6. The molecule has 2 aliphatic heterocycles. The first-order valence-corrected chi connectivity index (χ1v) is 14.3. The average molecular weight is 579 g/mol. The van der Waals surface area contributed by atoms with Crippen LogP contribution in [0.15, 0.2) is 0 Å². The van der Waals surface area contributed by atoms with Gasteiger partial charge in [0.15, 0.2) is 12.6 Å². The van der Waals surface area contributed by atoms with Crippen LogP contribution in [0.3, 0.4) is 0 Å². The summed E-state index contributed by atoms with van der Waals surface area (Å²) in [5.41, 5.74) is 0. The molecular formula is C26H48N3O11+. The molecule has 14 nitrogen and oxygen atoms in total. The summed E-state index contributed by atoms with van der Waals surface area (Å²) in [4.78, 5) is 15.3. The Morgan fingerprint density at radius 1 is 0.875 bits per heavy atom. The van der Waals surface area contributed by atoms with Crippen molar-refractivity contribution in [1.29, 1.82) is 5.39 Å². The molecular weight excluding hydrogens is 530 g/mol. The van der Waals surface area contributed by atoms with Crippen LogP contribution in [0.5, 0.6) is 0 Å². The van der Waals surface area contributed by atoms with Gasteiger partial charge in [-0.15, -0.1) is 0 Å². The quantitative estimate of drug-likeness (QED) is 0.0861. The number of carbonyl (C=O) groups is 1. The Hall–Kier alpha value is -1.51. The molecule has 1 amide bonds. The van der Waals surface area contributed by atoms with Crippen LogP contribution in [0.4, 0.5) is 0 Å². The number of nitrogens with one attached hydrogen (secondary N) is 1. The molecule has 0 aromatic rings. The summed E-state index contributed by atoms with van der Waals surface area (Å²) in [6, 6.07) is -1.74. The molecule has 0 aromatic heterocycles. The predicted molar refractivity (Wildman–Crippen MR) is 140 cm³/mol. The summed E-state index contributed by atoms with van der Waals surface area (Å²) in [5.74, 6) is -0.516. The van der Waals surface area contributed by atoms with Crippen LogP contribution in [0.1, 0.15) is 71.6 Å². The minimum absolute atomic E-state index is 0.0726. The van der Waals surface area contributed by atoms with Crippen LogP contribution < -0.4 is 5.32 Å². The molecule has 2 fully saturated rings. The number of hydrogen-bond acceptors (Lipinski definition) is 12. The van der Waals surface area contributed by atoms with E-state index in [4.69, 9.17) is 18.9 Å². The molecule has 0 radical (unpaired) electrons. The molecule has 0 aromatic carbocycles. The second-order valence-corrected chi connectivity index (χ2v) is 10.6. The number of nitrogens with zero attached hydrogens (tertiary/aromatic N) is 2. The molecule has 0 aliphatic carbocycles. The summed E-state index contributed by atoms with van der Waals surface area (Å²) in [7, 11) is 0. The first-order valence-electron chi connectivity index (χ1n) is 14.3.